The van der Waals surface area contributed by atoms with Gasteiger partial charge in [-0.15, -0.1) is 5.10 Å². The standard InChI is InChI=1S/C12H17N5/c1-9-4-2-7-17-11(9)14-12(15-17)16-6-3-5-10(16)8-13/h2,4,7,10H,3,5-6,8,13H2,1H3. The molecule has 1 aliphatic heterocycles. The number of hydrogen-bond donors (Lipinski definition) is 1. The highest BCUT2D eigenvalue weighted by atomic mass is 15.4. The van der Waals surface area contributed by atoms with Gasteiger partial charge in [-0.3, -0.25) is 0 Å². The van der Waals surface area contributed by atoms with E-state index in [1.54, 1.807) is 0 Å². The zero-order chi connectivity index (χ0) is 11.8. The summed E-state index contributed by atoms with van der Waals surface area (Å²) in [5, 5.41) is 4.53. The summed E-state index contributed by atoms with van der Waals surface area (Å²) in [5.74, 6) is 0.812. The van der Waals surface area contributed by atoms with Gasteiger partial charge < -0.3 is 10.6 Å². The van der Waals surface area contributed by atoms with Crippen molar-refractivity contribution in [3.8, 4) is 0 Å². The van der Waals surface area contributed by atoms with Crippen LogP contribution in [0, 0.1) is 6.92 Å². The molecule has 3 heterocycles. The molecule has 17 heavy (non-hydrogen) atoms. The molecule has 0 aromatic carbocycles. The largest absolute Gasteiger partial charge is 0.335 e. The number of hydrogen-bond acceptors (Lipinski definition) is 4. The number of rotatable bonds is 2. The van der Waals surface area contributed by atoms with Gasteiger partial charge in [0.1, 0.15) is 0 Å². The second-order valence-corrected chi connectivity index (χ2v) is 4.60. The molecule has 0 bridgehead atoms. The van der Waals surface area contributed by atoms with Gasteiger partial charge in [-0.05, 0) is 31.4 Å². The Morgan fingerprint density at radius 2 is 2.41 bits per heavy atom. The van der Waals surface area contributed by atoms with Gasteiger partial charge in [-0.1, -0.05) is 6.07 Å². The van der Waals surface area contributed by atoms with Crippen LogP contribution in [0.5, 0.6) is 0 Å². The first kappa shape index (κ1) is 10.5. The van der Waals surface area contributed by atoms with Crippen molar-refractivity contribution in [3.05, 3.63) is 23.9 Å². The molecule has 2 N–H and O–H groups in total. The maximum Gasteiger partial charge on any atom is 0.245 e. The lowest BCUT2D eigenvalue weighted by Gasteiger charge is -2.21. The minimum absolute atomic E-state index is 0.396. The molecule has 0 saturated carbocycles. The number of pyridine rings is 1. The molecule has 1 saturated heterocycles. The van der Waals surface area contributed by atoms with Crippen molar-refractivity contribution in [2.45, 2.75) is 25.8 Å². The molecule has 0 radical (unpaired) electrons. The van der Waals surface area contributed by atoms with E-state index in [1.165, 1.54) is 6.42 Å². The Kier molecular flexibility index (Phi) is 2.48. The van der Waals surface area contributed by atoms with Crippen molar-refractivity contribution in [2.75, 3.05) is 18.0 Å². The highest BCUT2D eigenvalue weighted by Crippen LogP contribution is 2.22. The number of aryl methyl sites for hydroxylation is 1. The highest BCUT2D eigenvalue weighted by molar-refractivity contribution is 5.51. The minimum Gasteiger partial charge on any atom is -0.335 e. The van der Waals surface area contributed by atoms with Gasteiger partial charge >= 0.3 is 0 Å². The molecule has 1 fully saturated rings. The third kappa shape index (κ3) is 1.67. The van der Waals surface area contributed by atoms with Gasteiger partial charge in [0.05, 0.1) is 0 Å². The third-order valence-corrected chi connectivity index (χ3v) is 3.45. The van der Waals surface area contributed by atoms with Crippen LogP contribution in [0.2, 0.25) is 0 Å². The minimum atomic E-state index is 0.396. The Morgan fingerprint density at radius 1 is 1.53 bits per heavy atom. The predicted octanol–water partition coefficient (Wildman–Crippen LogP) is 0.965. The molecule has 2 aromatic heterocycles. The molecule has 5 nitrogen and oxygen atoms in total. The molecule has 90 valence electrons. The fourth-order valence-electron chi connectivity index (χ4n) is 2.49. The van der Waals surface area contributed by atoms with Crippen molar-refractivity contribution in [1.29, 1.82) is 0 Å². The van der Waals surface area contributed by atoms with Gasteiger partial charge in [-0.25, -0.2) is 4.52 Å². The summed E-state index contributed by atoms with van der Waals surface area (Å²) in [7, 11) is 0. The van der Waals surface area contributed by atoms with Crippen molar-refractivity contribution < 1.29 is 0 Å². The van der Waals surface area contributed by atoms with E-state index in [2.05, 4.69) is 28.0 Å². The summed E-state index contributed by atoms with van der Waals surface area (Å²) < 4.78 is 1.84. The van der Waals surface area contributed by atoms with Gasteiger partial charge in [0.25, 0.3) is 0 Å². The predicted molar refractivity (Wildman–Crippen MR) is 67.1 cm³/mol. The van der Waals surface area contributed by atoms with Crippen LogP contribution in [0.25, 0.3) is 5.65 Å². The molecular formula is C12H17N5. The number of nitrogens with zero attached hydrogens (tertiary/aromatic N) is 4. The maximum atomic E-state index is 5.78. The van der Waals surface area contributed by atoms with Crippen LogP contribution in [0.1, 0.15) is 18.4 Å². The highest BCUT2D eigenvalue weighted by Gasteiger charge is 2.26. The van der Waals surface area contributed by atoms with E-state index in [4.69, 9.17) is 5.73 Å². The van der Waals surface area contributed by atoms with E-state index in [1.807, 2.05) is 16.8 Å². The number of aromatic nitrogens is 3. The lowest BCUT2D eigenvalue weighted by Crippen LogP contribution is -2.36. The summed E-state index contributed by atoms with van der Waals surface area (Å²) >= 11 is 0. The van der Waals surface area contributed by atoms with Crippen LogP contribution in [-0.4, -0.2) is 33.7 Å². The number of nitrogens with two attached hydrogens (primary N) is 1. The fourth-order valence-corrected chi connectivity index (χ4v) is 2.49. The van der Waals surface area contributed by atoms with Crippen molar-refractivity contribution in [1.82, 2.24) is 14.6 Å². The van der Waals surface area contributed by atoms with Crippen molar-refractivity contribution >= 4 is 11.6 Å². The van der Waals surface area contributed by atoms with Crippen molar-refractivity contribution in [3.63, 3.8) is 0 Å². The maximum absolute atomic E-state index is 5.78. The van der Waals surface area contributed by atoms with Crippen LogP contribution in [0.15, 0.2) is 18.3 Å². The van der Waals surface area contributed by atoms with Crippen LogP contribution >= 0.6 is 0 Å². The summed E-state index contributed by atoms with van der Waals surface area (Å²) in [6.45, 7) is 3.74. The van der Waals surface area contributed by atoms with Gasteiger partial charge in [0.15, 0.2) is 5.65 Å². The summed E-state index contributed by atoms with van der Waals surface area (Å²) in [6.07, 6.45) is 4.26. The average molecular weight is 231 g/mol. The smallest absolute Gasteiger partial charge is 0.245 e. The summed E-state index contributed by atoms with van der Waals surface area (Å²) in [4.78, 5) is 6.84. The Balaban J connectivity index is 2.03. The Hall–Kier alpha value is -1.62. The van der Waals surface area contributed by atoms with Crippen LogP contribution in [-0.2, 0) is 0 Å². The lowest BCUT2D eigenvalue weighted by molar-refractivity contribution is 0.664. The monoisotopic (exact) mass is 231 g/mol. The molecule has 0 aliphatic carbocycles. The van der Waals surface area contributed by atoms with Gasteiger partial charge in [0, 0.05) is 25.3 Å². The number of fused-ring (bicyclic) bond motifs is 1. The molecule has 0 amide bonds. The van der Waals surface area contributed by atoms with Gasteiger partial charge in [0.2, 0.25) is 5.95 Å². The van der Waals surface area contributed by atoms with E-state index < -0.39 is 0 Å². The molecule has 3 rings (SSSR count). The molecule has 1 unspecified atom stereocenters. The molecule has 2 aromatic rings. The first-order valence-corrected chi connectivity index (χ1v) is 6.08. The third-order valence-electron chi connectivity index (χ3n) is 3.45. The summed E-state index contributed by atoms with van der Waals surface area (Å²) in [6, 6.07) is 4.44. The molecule has 1 aliphatic rings. The molecule has 5 heteroatoms. The van der Waals surface area contributed by atoms with Gasteiger partial charge in [-0.2, -0.15) is 4.98 Å². The van der Waals surface area contributed by atoms with E-state index in [0.29, 0.717) is 12.6 Å². The van der Waals surface area contributed by atoms with Crippen LogP contribution in [0.3, 0.4) is 0 Å². The van der Waals surface area contributed by atoms with E-state index in [0.717, 1.165) is 30.1 Å². The lowest BCUT2D eigenvalue weighted by atomic mass is 10.2. The van der Waals surface area contributed by atoms with Crippen LogP contribution in [0.4, 0.5) is 5.95 Å². The topological polar surface area (TPSA) is 59.5 Å². The number of anilines is 1. The Labute approximate surface area is 100 Å². The SMILES string of the molecule is Cc1cccn2nc(N3CCCC3CN)nc12. The Morgan fingerprint density at radius 3 is 3.18 bits per heavy atom. The quantitative estimate of drug-likeness (QED) is 0.836. The Bertz CT molecular complexity index is 533. The molecule has 0 spiro atoms. The van der Waals surface area contributed by atoms with Crippen LogP contribution < -0.4 is 10.6 Å². The normalized spacial score (nSPS) is 20.4. The second-order valence-electron chi connectivity index (χ2n) is 4.60. The van der Waals surface area contributed by atoms with E-state index in [-0.39, 0.29) is 0 Å². The molecule has 1 atom stereocenters. The summed E-state index contributed by atoms with van der Waals surface area (Å²) in [5.41, 5.74) is 7.86. The zero-order valence-electron chi connectivity index (χ0n) is 10.0. The first-order chi connectivity index (χ1) is 8.29. The molecular weight excluding hydrogens is 214 g/mol. The fraction of sp³-hybridized carbons (Fsp3) is 0.500. The van der Waals surface area contributed by atoms with E-state index in [9.17, 15) is 0 Å². The second kappa shape index (κ2) is 4.00. The van der Waals surface area contributed by atoms with E-state index >= 15 is 0 Å². The van der Waals surface area contributed by atoms with Crippen molar-refractivity contribution in [2.24, 2.45) is 5.73 Å². The first-order valence-electron chi connectivity index (χ1n) is 6.08. The average Bonchev–Trinajstić information content (AvgIpc) is 2.94. The zero-order valence-corrected chi connectivity index (χ0v) is 10.0.